The van der Waals surface area contributed by atoms with E-state index in [1.54, 1.807) is 4.68 Å². The molecule has 5 rings (SSSR count). The molecular weight excluding hydrogens is 548 g/mol. The smallest absolute Gasteiger partial charge is 0.319 e. The minimum Gasteiger partial charge on any atom is -0.377 e. The van der Waals surface area contributed by atoms with Crippen LogP contribution in [0.3, 0.4) is 0 Å². The van der Waals surface area contributed by atoms with Gasteiger partial charge in [0.2, 0.25) is 0 Å². The van der Waals surface area contributed by atoms with Gasteiger partial charge in [0.1, 0.15) is 18.4 Å². The first-order valence-corrected chi connectivity index (χ1v) is 18.4. The summed E-state index contributed by atoms with van der Waals surface area (Å²) >= 11 is 0. The van der Waals surface area contributed by atoms with Crippen LogP contribution in [0.25, 0.3) is 11.1 Å². The maximum absolute atomic E-state index is 12.2. The van der Waals surface area contributed by atoms with Gasteiger partial charge in [-0.1, -0.05) is 31.8 Å². The molecule has 0 bridgehead atoms. The van der Waals surface area contributed by atoms with E-state index in [4.69, 9.17) is 19.9 Å². The first-order chi connectivity index (χ1) is 20.2. The monoisotopic (exact) mass is 590 g/mol. The van der Waals surface area contributed by atoms with Crippen LogP contribution in [0.4, 0.5) is 27.9 Å². The van der Waals surface area contributed by atoms with Crippen LogP contribution in [0, 0.1) is 5.41 Å². The number of hydrogen-bond donors (Lipinski definition) is 4. The molecule has 1 saturated carbocycles. The van der Waals surface area contributed by atoms with E-state index in [-0.39, 0.29) is 18.1 Å². The lowest BCUT2D eigenvalue weighted by Crippen LogP contribution is -2.44. The molecule has 2 fully saturated rings. The van der Waals surface area contributed by atoms with E-state index < -0.39 is 8.07 Å². The molecular formula is C30H42N8O3Si. The number of rotatable bonds is 12. The fourth-order valence-corrected chi connectivity index (χ4v) is 5.46. The minimum absolute atomic E-state index is 0.154. The molecule has 1 aliphatic heterocycles. The van der Waals surface area contributed by atoms with E-state index in [1.165, 1.54) is 6.21 Å². The number of amides is 2. The van der Waals surface area contributed by atoms with Gasteiger partial charge in [0.25, 0.3) is 0 Å². The average molecular weight is 591 g/mol. The van der Waals surface area contributed by atoms with E-state index in [0.717, 1.165) is 49.0 Å². The fourth-order valence-electron chi connectivity index (χ4n) is 4.71. The van der Waals surface area contributed by atoms with Crippen molar-refractivity contribution in [2.24, 2.45) is 0 Å². The summed E-state index contributed by atoms with van der Waals surface area (Å²) in [6.07, 6.45) is 5.27. The maximum atomic E-state index is 12.2. The summed E-state index contributed by atoms with van der Waals surface area (Å²) in [5.74, 6) is 1.97. The number of carbonyl (C=O) groups is 1. The van der Waals surface area contributed by atoms with Gasteiger partial charge < -0.3 is 35.7 Å². The van der Waals surface area contributed by atoms with Crippen molar-refractivity contribution in [3.05, 3.63) is 48.2 Å². The Morgan fingerprint density at radius 3 is 2.69 bits per heavy atom. The molecule has 0 unspecified atom stereocenters. The highest BCUT2D eigenvalue weighted by Gasteiger charge is 2.25. The Kier molecular flexibility index (Phi) is 9.24. The van der Waals surface area contributed by atoms with Gasteiger partial charge in [-0.15, -0.1) is 0 Å². The van der Waals surface area contributed by atoms with Crippen LogP contribution in [0.15, 0.2) is 42.6 Å². The lowest BCUT2D eigenvalue weighted by atomic mass is 10.00. The van der Waals surface area contributed by atoms with Gasteiger partial charge in [-0.2, -0.15) is 5.10 Å². The summed E-state index contributed by atoms with van der Waals surface area (Å²) < 4.78 is 13.3. The van der Waals surface area contributed by atoms with E-state index in [2.05, 4.69) is 52.5 Å². The number of carbonyl (C=O) groups excluding carboxylic acids is 1. The van der Waals surface area contributed by atoms with Crippen molar-refractivity contribution in [1.29, 1.82) is 5.41 Å². The summed E-state index contributed by atoms with van der Waals surface area (Å²) in [5.41, 5.74) is 3.13. The van der Waals surface area contributed by atoms with E-state index >= 15 is 0 Å². The van der Waals surface area contributed by atoms with Crippen LogP contribution in [0.2, 0.25) is 25.7 Å². The largest absolute Gasteiger partial charge is 0.377 e. The topological polar surface area (TPSA) is 129 Å². The van der Waals surface area contributed by atoms with Crippen LogP contribution in [0.5, 0.6) is 0 Å². The zero-order valence-corrected chi connectivity index (χ0v) is 25.9. The Labute approximate surface area is 248 Å². The first kappa shape index (κ1) is 29.7. The van der Waals surface area contributed by atoms with Crippen molar-refractivity contribution in [2.75, 3.05) is 41.9 Å². The minimum atomic E-state index is -1.15. The Balaban J connectivity index is 1.39. The third kappa shape index (κ3) is 7.96. The Morgan fingerprint density at radius 1 is 1.21 bits per heavy atom. The molecule has 1 saturated heterocycles. The highest BCUT2D eigenvalue weighted by atomic mass is 28.3. The molecule has 2 amide bonds. The standard InChI is InChI=1S/C30H42N8O3Si/c1-21-19-40-14-13-38(21)28-17-25(22-5-7-23(8-6-22)32-30(39)33-24-9-10-24)26(18-31)29(35-28)34-27-11-12-37(36-27)20-41-15-16-42(2,3)4/h5-8,11-12,17-18,21,24,31H,9-10,13-16,19-20H2,1-4H3,(H2,32,33,39)(H,34,35,36)/t21-/m1/s1. The Hall–Kier alpha value is -3.74. The third-order valence-electron chi connectivity index (χ3n) is 7.32. The molecule has 0 radical (unpaired) electrons. The van der Waals surface area contributed by atoms with Gasteiger partial charge in [0.05, 0.1) is 19.3 Å². The predicted molar refractivity (Wildman–Crippen MR) is 170 cm³/mol. The molecule has 3 heterocycles. The van der Waals surface area contributed by atoms with Crippen molar-refractivity contribution >= 4 is 43.5 Å². The summed E-state index contributed by atoms with van der Waals surface area (Å²) in [7, 11) is -1.15. The number of nitrogens with zero attached hydrogens (tertiary/aromatic N) is 4. The summed E-state index contributed by atoms with van der Waals surface area (Å²) in [4.78, 5) is 19.4. The molecule has 0 spiro atoms. The average Bonchev–Trinajstić information content (AvgIpc) is 3.66. The van der Waals surface area contributed by atoms with E-state index in [9.17, 15) is 4.79 Å². The van der Waals surface area contributed by atoms with Gasteiger partial charge in [-0.05, 0) is 55.1 Å². The zero-order chi connectivity index (χ0) is 29.7. The second-order valence-electron chi connectivity index (χ2n) is 12.2. The molecule has 3 aromatic rings. The number of aromatic nitrogens is 3. The quantitative estimate of drug-likeness (QED) is 0.124. The second-order valence-corrected chi connectivity index (χ2v) is 17.8. The number of morpholine rings is 1. The van der Waals surface area contributed by atoms with Crippen molar-refractivity contribution in [2.45, 2.75) is 64.3 Å². The summed E-state index contributed by atoms with van der Waals surface area (Å²) in [6.45, 7) is 12.2. The van der Waals surface area contributed by atoms with Gasteiger partial charge >= 0.3 is 6.03 Å². The molecule has 4 N–H and O–H groups in total. The maximum Gasteiger partial charge on any atom is 0.319 e. The van der Waals surface area contributed by atoms with Crippen LogP contribution >= 0.6 is 0 Å². The normalized spacial score (nSPS) is 17.1. The molecule has 2 aliphatic rings. The number of pyridine rings is 1. The van der Waals surface area contributed by atoms with Gasteiger partial charge in [0, 0.05) is 57.0 Å². The molecule has 11 nitrogen and oxygen atoms in total. The zero-order valence-electron chi connectivity index (χ0n) is 24.9. The van der Waals surface area contributed by atoms with Gasteiger partial charge in [0.15, 0.2) is 5.82 Å². The number of urea groups is 1. The van der Waals surface area contributed by atoms with Crippen molar-refractivity contribution in [3.63, 3.8) is 0 Å². The number of hydrogen-bond acceptors (Lipinski definition) is 8. The molecule has 42 heavy (non-hydrogen) atoms. The molecule has 224 valence electrons. The van der Waals surface area contributed by atoms with Crippen molar-refractivity contribution < 1.29 is 14.3 Å². The summed E-state index contributed by atoms with van der Waals surface area (Å²) in [6, 6.07) is 12.9. The highest BCUT2D eigenvalue weighted by Crippen LogP contribution is 2.34. The Bertz CT molecular complexity index is 1380. The predicted octanol–water partition coefficient (Wildman–Crippen LogP) is 5.51. The molecule has 2 aromatic heterocycles. The van der Waals surface area contributed by atoms with Crippen LogP contribution in [-0.4, -0.2) is 73.5 Å². The SMILES string of the molecule is C[C@@H]1COCCN1c1cc(-c2ccc(NC(=O)NC3CC3)cc2)c(C=N)c(Nc2ccn(COCC[Si](C)(C)C)n2)n1. The number of ether oxygens (including phenoxy) is 2. The van der Waals surface area contributed by atoms with E-state index in [0.29, 0.717) is 42.8 Å². The second kappa shape index (κ2) is 13.1. The van der Waals surface area contributed by atoms with Crippen LogP contribution in [-0.2, 0) is 16.2 Å². The van der Waals surface area contributed by atoms with Gasteiger partial charge in [-0.3, -0.25) is 0 Å². The molecule has 1 aliphatic carbocycles. The lowest BCUT2D eigenvalue weighted by molar-refractivity contribution is 0.0788. The van der Waals surface area contributed by atoms with Gasteiger partial charge in [-0.25, -0.2) is 14.5 Å². The Morgan fingerprint density at radius 2 is 2.00 bits per heavy atom. The van der Waals surface area contributed by atoms with Crippen molar-refractivity contribution in [1.82, 2.24) is 20.1 Å². The van der Waals surface area contributed by atoms with Crippen LogP contribution < -0.4 is 20.9 Å². The van der Waals surface area contributed by atoms with E-state index in [1.807, 2.05) is 42.6 Å². The third-order valence-corrected chi connectivity index (χ3v) is 9.03. The number of nitrogens with one attached hydrogen (secondary N) is 4. The van der Waals surface area contributed by atoms with Crippen molar-refractivity contribution in [3.8, 4) is 11.1 Å². The van der Waals surface area contributed by atoms with Crippen LogP contribution in [0.1, 0.15) is 25.3 Å². The first-order valence-electron chi connectivity index (χ1n) is 14.6. The number of benzene rings is 1. The number of anilines is 4. The fraction of sp³-hybridized carbons (Fsp3) is 0.467. The lowest BCUT2D eigenvalue weighted by Gasteiger charge is -2.35. The highest BCUT2D eigenvalue weighted by molar-refractivity contribution is 6.76. The summed E-state index contributed by atoms with van der Waals surface area (Å²) in [5, 5.41) is 22.2. The molecule has 12 heteroatoms. The molecule has 1 aromatic carbocycles. The molecule has 1 atom stereocenters.